The number of carbonyl (C=O) groups excluding carboxylic acids is 2. The second kappa shape index (κ2) is 5.99. The molecule has 1 unspecified atom stereocenters. The molecule has 0 aliphatic carbocycles. The van der Waals surface area contributed by atoms with Crippen molar-refractivity contribution in [2.24, 2.45) is 11.7 Å². The highest BCUT2D eigenvalue weighted by Gasteiger charge is 2.29. The number of carbonyl (C=O) groups is 2. The van der Waals surface area contributed by atoms with Crippen molar-refractivity contribution in [3.63, 3.8) is 0 Å². The lowest BCUT2D eigenvalue weighted by Gasteiger charge is -2.28. The van der Waals surface area contributed by atoms with E-state index in [1.807, 2.05) is 13.8 Å². The molecule has 4 nitrogen and oxygen atoms in total. The standard InChI is InChI=1S/C12H22N2O2/c1-3-10(13)5-4-6-14-11(15)7-9(2)8-12(14)16/h9-10H,3-8,13H2,1-2H3. The summed E-state index contributed by atoms with van der Waals surface area (Å²) >= 11 is 0. The highest BCUT2D eigenvalue weighted by atomic mass is 16.2. The number of nitrogens with two attached hydrogens (primary N) is 1. The van der Waals surface area contributed by atoms with Gasteiger partial charge in [-0.15, -0.1) is 0 Å². The molecule has 0 aromatic rings. The largest absolute Gasteiger partial charge is 0.328 e. The highest BCUT2D eigenvalue weighted by molar-refractivity contribution is 5.97. The van der Waals surface area contributed by atoms with E-state index in [2.05, 4.69) is 0 Å². The van der Waals surface area contributed by atoms with Crippen molar-refractivity contribution in [1.29, 1.82) is 0 Å². The fourth-order valence-electron chi connectivity index (χ4n) is 1.99. The van der Waals surface area contributed by atoms with E-state index >= 15 is 0 Å². The SMILES string of the molecule is CCC(N)CCCN1C(=O)CC(C)CC1=O. The van der Waals surface area contributed by atoms with Crippen LogP contribution in [0, 0.1) is 5.92 Å². The topological polar surface area (TPSA) is 63.4 Å². The van der Waals surface area contributed by atoms with Crippen molar-refractivity contribution >= 4 is 11.8 Å². The van der Waals surface area contributed by atoms with Gasteiger partial charge in [-0.1, -0.05) is 13.8 Å². The third kappa shape index (κ3) is 3.59. The van der Waals surface area contributed by atoms with Gasteiger partial charge in [-0.2, -0.15) is 0 Å². The average Bonchev–Trinajstić information content (AvgIpc) is 2.21. The van der Waals surface area contributed by atoms with E-state index in [9.17, 15) is 9.59 Å². The van der Waals surface area contributed by atoms with E-state index in [0.717, 1.165) is 19.3 Å². The number of imide groups is 1. The predicted octanol–water partition coefficient (Wildman–Crippen LogP) is 1.29. The quantitative estimate of drug-likeness (QED) is 0.718. The molecule has 1 saturated heterocycles. The fraction of sp³-hybridized carbons (Fsp3) is 0.833. The predicted molar refractivity (Wildman–Crippen MR) is 62.6 cm³/mol. The molecule has 1 fully saturated rings. The van der Waals surface area contributed by atoms with Crippen LogP contribution < -0.4 is 5.73 Å². The molecule has 1 aliphatic rings. The van der Waals surface area contributed by atoms with Gasteiger partial charge in [0.25, 0.3) is 0 Å². The van der Waals surface area contributed by atoms with Gasteiger partial charge < -0.3 is 5.73 Å². The number of piperidine rings is 1. The van der Waals surface area contributed by atoms with Crippen molar-refractivity contribution in [2.45, 2.75) is 52.0 Å². The molecule has 0 bridgehead atoms. The molecular weight excluding hydrogens is 204 g/mol. The van der Waals surface area contributed by atoms with E-state index < -0.39 is 0 Å². The minimum Gasteiger partial charge on any atom is -0.328 e. The summed E-state index contributed by atoms with van der Waals surface area (Å²) < 4.78 is 0. The molecule has 0 spiro atoms. The van der Waals surface area contributed by atoms with Gasteiger partial charge >= 0.3 is 0 Å². The summed E-state index contributed by atoms with van der Waals surface area (Å²) in [5.74, 6) is 0.164. The molecular formula is C12H22N2O2. The summed E-state index contributed by atoms with van der Waals surface area (Å²) in [5, 5.41) is 0. The Morgan fingerprint density at radius 1 is 1.38 bits per heavy atom. The second-order valence-electron chi connectivity index (χ2n) is 4.76. The number of amides is 2. The Morgan fingerprint density at radius 3 is 2.44 bits per heavy atom. The number of rotatable bonds is 5. The van der Waals surface area contributed by atoms with Gasteiger partial charge in [0.2, 0.25) is 11.8 Å². The van der Waals surface area contributed by atoms with E-state index in [4.69, 9.17) is 5.73 Å². The summed E-state index contributed by atoms with van der Waals surface area (Å²) in [6.45, 7) is 4.53. The van der Waals surface area contributed by atoms with Gasteiger partial charge in [0.15, 0.2) is 0 Å². The summed E-state index contributed by atoms with van der Waals surface area (Å²) in [4.78, 5) is 24.7. The first-order chi connectivity index (χ1) is 7.54. The molecule has 0 radical (unpaired) electrons. The van der Waals surface area contributed by atoms with Crippen LogP contribution in [-0.4, -0.2) is 29.3 Å². The zero-order valence-electron chi connectivity index (χ0n) is 10.2. The minimum atomic E-state index is -0.0196. The van der Waals surface area contributed by atoms with Crippen LogP contribution in [0.25, 0.3) is 0 Å². The Hall–Kier alpha value is -0.900. The van der Waals surface area contributed by atoms with Crippen LogP contribution in [0.5, 0.6) is 0 Å². The third-order valence-electron chi connectivity index (χ3n) is 3.13. The fourth-order valence-corrected chi connectivity index (χ4v) is 1.99. The van der Waals surface area contributed by atoms with E-state index in [1.54, 1.807) is 0 Å². The molecule has 0 saturated carbocycles. The average molecular weight is 226 g/mol. The van der Waals surface area contributed by atoms with Gasteiger partial charge in [-0.3, -0.25) is 14.5 Å². The second-order valence-corrected chi connectivity index (χ2v) is 4.76. The highest BCUT2D eigenvalue weighted by Crippen LogP contribution is 2.19. The molecule has 1 aliphatic heterocycles. The molecule has 1 atom stereocenters. The first-order valence-electron chi connectivity index (χ1n) is 6.13. The minimum absolute atomic E-state index is 0.0196. The monoisotopic (exact) mass is 226 g/mol. The first-order valence-corrected chi connectivity index (χ1v) is 6.13. The van der Waals surface area contributed by atoms with E-state index in [-0.39, 0.29) is 23.8 Å². The van der Waals surface area contributed by atoms with Crippen molar-refractivity contribution < 1.29 is 9.59 Å². The van der Waals surface area contributed by atoms with Crippen LogP contribution in [0.3, 0.4) is 0 Å². The maximum absolute atomic E-state index is 11.6. The molecule has 92 valence electrons. The van der Waals surface area contributed by atoms with Crippen LogP contribution in [0.2, 0.25) is 0 Å². The smallest absolute Gasteiger partial charge is 0.229 e. The van der Waals surface area contributed by atoms with Crippen LogP contribution in [0.4, 0.5) is 0 Å². The zero-order chi connectivity index (χ0) is 12.1. The third-order valence-corrected chi connectivity index (χ3v) is 3.13. The lowest BCUT2D eigenvalue weighted by molar-refractivity contribution is -0.149. The normalized spacial score (nSPS) is 20.3. The molecule has 2 amide bonds. The zero-order valence-corrected chi connectivity index (χ0v) is 10.2. The molecule has 2 N–H and O–H groups in total. The molecule has 1 heterocycles. The van der Waals surface area contributed by atoms with Crippen LogP contribution in [-0.2, 0) is 9.59 Å². The van der Waals surface area contributed by atoms with Crippen molar-refractivity contribution in [1.82, 2.24) is 4.90 Å². The Morgan fingerprint density at radius 2 is 1.94 bits per heavy atom. The van der Waals surface area contributed by atoms with Gasteiger partial charge in [0.1, 0.15) is 0 Å². The molecule has 0 aromatic carbocycles. The number of likely N-dealkylation sites (tertiary alicyclic amines) is 1. The molecule has 1 rings (SSSR count). The van der Waals surface area contributed by atoms with Crippen molar-refractivity contribution in [3.05, 3.63) is 0 Å². The van der Waals surface area contributed by atoms with Gasteiger partial charge in [0.05, 0.1) is 0 Å². The van der Waals surface area contributed by atoms with Gasteiger partial charge in [-0.05, 0) is 25.2 Å². The van der Waals surface area contributed by atoms with Crippen molar-refractivity contribution in [3.8, 4) is 0 Å². The molecule has 0 aromatic heterocycles. The van der Waals surface area contributed by atoms with E-state index in [1.165, 1.54) is 4.90 Å². The lowest BCUT2D eigenvalue weighted by Crippen LogP contribution is -2.43. The van der Waals surface area contributed by atoms with Gasteiger partial charge in [-0.25, -0.2) is 0 Å². The van der Waals surface area contributed by atoms with Crippen LogP contribution >= 0.6 is 0 Å². The maximum Gasteiger partial charge on any atom is 0.229 e. The molecule has 16 heavy (non-hydrogen) atoms. The number of nitrogens with zero attached hydrogens (tertiary/aromatic N) is 1. The Balaban J connectivity index is 2.35. The lowest BCUT2D eigenvalue weighted by atomic mass is 9.97. The van der Waals surface area contributed by atoms with Gasteiger partial charge in [0, 0.05) is 25.4 Å². The molecule has 4 heteroatoms. The summed E-state index contributed by atoms with van der Waals surface area (Å²) in [6.07, 6.45) is 3.65. The number of hydrogen-bond acceptors (Lipinski definition) is 3. The first kappa shape index (κ1) is 13.2. The van der Waals surface area contributed by atoms with E-state index in [0.29, 0.717) is 19.4 Å². The Bertz CT molecular complexity index is 248. The van der Waals surface area contributed by atoms with Crippen molar-refractivity contribution in [2.75, 3.05) is 6.54 Å². The Kier molecular flexibility index (Phi) is 4.93. The van der Waals surface area contributed by atoms with Crippen LogP contribution in [0.15, 0.2) is 0 Å². The summed E-state index contributed by atoms with van der Waals surface area (Å²) in [5.41, 5.74) is 5.79. The maximum atomic E-state index is 11.6. The van der Waals surface area contributed by atoms with Crippen LogP contribution in [0.1, 0.15) is 46.0 Å². The number of hydrogen-bond donors (Lipinski definition) is 1. The Labute approximate surface area is 97.2 Å². The summed E-state index contributed by atoms with van der Waals surface area (Å²) in [6, 6.07) is 0.189. The summed E-state index contributed by atoms with van der Waals surface area (Å²) in [7, 11) is 0.